The van der Waals surface area contributed by atoms with Crippen molar-refractivity contribution >= 4 is 15.9 Å². The standard InChI is InChI=1S/C17H24BrN/c1-17(2)8-4-7-16(17)19-15-10-13(11-15)12-5-3-6-14(18)9-12/h3,5-6,9,13,15-16,19H,4,7-8,10-11H2,1-2H3. The number of hydrogen-bond donors (Lipinski definition) is 1. The summed E-state index contributed by atoms with van der Waals surface area (Å²) >= 11 is 3.57. The topological polar surface area (TPSA) is 12.0 Å². The molecular formula is C17H24BrN. The fourth-order valence-corrected chi connectivity index (χ4v) is 4.12. The van der Waals surface area contributed by atoms with Crippen LogP contribution in [0.5, 0.6) is 0 Å². The van der Waals surface area contributed by atoms with Crippen molar-refractivity contribution in [2.45, 2.75) is 64.0 Å². The van der Waals surface area contributed by atoms with Crippen LogP contribution in [0.3, 0.4) is 0 Å². The maximum absolute atomic E-state index is 3.91. The van der Waals surface area contributed by atoms with Gasteiger partial charge in [0.05, 0.1) is 0 Å². The Bertz CT molecular complexity index is 448. The maximum Gasteiger partial charge on any atom is 0.0178 e. The van der Waals surface area contributed by atoms with Gasteiger partial charge in [-0.15, -0.1) is 0 Å². The van der Waals surface area contributed by atoms with Crippen LogP contribution >= 0.6 is 15.9 Å². The Morgan fingerprint density at radius 1 is 1.26 bits per heavy atom. The summed E-state index contributed by atoms with van der Waals surface area (Å²) in [5.41, 5.74) is 2.00. The molecule has 0 heterocycles. The monoisotopic (exact) mass is 321 g/mol. The SMILES string of the molecule is CC1(C)CCCC1NC1CC(c2cccc(Br)c2)C1. The predicted molar refractivity (Wildman–Crippen MR) is 84.5 cm³/mol. The number of nitrogens with one attached hydrogen (secondary N) is 1. The first kappa shape index (κ1) is 13.6. The van der Waals surface area contributed by atoms with Gasteiger partial charge in [0.2, 0.25) is 0 Å². The van der Waals surface area contributed by atoms with E-state index in [-0.39, 0.29) is 0 Å². The molecule has 1 unspecified atom stereocenters. The molecule has 2 fully saturated rings. The van der Waals surface area contributed by atoms with Gasteiger partial charge in [0.15, 0.2) is 0 Å². The van der Waals surface area contributed by atoms with Crippen LogP contribution in [0.2, 0.25) is 0 Å². The lowest BCUT2D eigenvalue weighted by Crippen LogP contribution is -2.49. The third-order valence-electron chi connectivity index (χ3n) is 5.15. The number of hydrogen-bond acceptors (Lipinski definition) is 1. The lowest BCUT2D eigenvalue weighted by molar-refractivity contribution is 0.202. The Morgan fingerprint density at radius 2 is 2.05 bits per heavy atom. The van der Waals surface area contributed by atoms with Crippen molar-refractivity contribution in [1.82, 2.24) is 5.32 Å². The normalized spacial score (nSPS) is 33.1. The van der Waals surface area contributed by atoms with Crippen LogP contribution in [-0.4, -0.2) is 12.1 Å². The molecule has 1 aromatic carbocycles. The summed E-state index contributed by atoms with van der Waals surface area (Å²) in [6.45, 7) is 4.84. The van der Waals surface area contributed by atoms with E-state index in [4.69, 9.17) is 0 Å². The van der Waals surface area contributed by atoms with Gasteiger partial charge < -0.3 is 5.32 Å². The van der Waals surface area contributed by atoms with Crippen molar-refractivity contribution in [3.63, 3.8) is 0 Å². The van der Waals surface area contributed by atoms with E-state index in [1.807, 2.05) is 0 Å². The molecule has 1 N–H and O–H groups in total. The highest BCUT2D eigenvalue weighted by molar-refractivity contribution is 9.10. The molecule has 2 heteroatoms. The van der Waals surface area contributed by atoms with Crippen LogP contribution in [0.1, 0.15) is 57.4 Å². The molecule has 104 valence electrons. The first-order valence-corrected chi connectivity index (χ1v) is 8.35. The smallest absolute Gasteiger partial charge is 0.0178 e. The Kier molecular flexibility index (Phi) is 3.74. The van der Waals surface area contributed by atoms with Crippen LogP contribution in [0.4, 0.5) is 0 Å². The molecule has 19 heavy (non-hydrogen) atoms. The quantitative estimate of drug-likeness (QED) is 0.838. The molecule has 1 nitrogen and oxygen atoms in total. The van der Waals surface area contributed by atoms with Crippen molar-refractivity contribution < 1.29 is 0 Å². The van der Waals surface area contributed by atoms with Crippen molar-refractivity contribution in [2.75, 3.05) is 0 Å². The van der Waals surface area contributed by atoms with Gasteiger partial charge in [0, 0.05) is 16.6 Å². The summed E-state index contributed by atoms with van der Waals surface area (Å²) in [4.78, 5) is 0. The highest BCUT2D eigenvalue weighted by Crippen LogP contribution is 2.42. The van der Waals surface area contributed by atoms with E-state index in [9.17, 15) is 0 Å². The average Bonchev–Trinajstić information content (AvgIpc) is 2.62. The third-order valence-corrected chi connectivity index (χ3v) is 5.65. The minimum absolute atomic E-state index is 0.501. The predicted octanol–water partition coefficient (Wildman–Crippen LogP) is 4.86. The summed E-state index contributed by atoms with van der Waals surface area (Å²) in [6.07, 6.45) is 6.76. The summed E-state index contributed by atoms with van der Waals surface area (Å²) in [5, 5.41) is 3.91. The fraction of sp³-hybridized carbons (Fsp3) is 0.647. The van der Waals surface area contributed by atoms with Gasteiger partial charge in [-0.05, 0) is 54.7 Å². The van der Waals surface area contributed by atoms with Gasteiger partial charge in [0.1, 0.15) is 0 Å². The number of rotatable bonds is 3. The van der Waals surface area contributed by atoms with Gasteiger partial charge in [-0.25, -0.2) is 0 Å². The molecule has 0 aliphatic heterocycles. The van der Waals surface area contributed by atoms with Crippen LogP contribution in [0, 0.1) is 5.41 Å². The third kappa shape index (κ3) is 2.90. The van der Waals surface area contributed by atoms with Gasteiger partial charge in [-0.1, -0.05) is 48.3 Å². The van der Waals surface area contributed by atoms with Crippen molar-refractivity contribution in [1.29, 1.82) is 0 Å². The minimum atomic E-state index is 0.501. The van der Waals surface area contributed by atoms with Gasteiger partial charge in [0.25, 0.3) is 0 Å². The number of halogens is 1. The van der Waals surface area contributed by atoms with Crippen LogP contribution in [0.15, 0.2) is 28.7 Å². The maximum atomic E-state index is 3.91. The van der Waals surface area contributed by atoms with E-state index in [1.54, 1.807) is 0 Å². The molecule has 3 rings (SSSR count). The highest BCUT2D eigenvalue weighted by Gasteiger charge is 2.38. The Labute approximate surface area is 125 Å². The molecule has 2 aliphatic rings. The molecule has 1 aromatic rings. The largest absolute Gasteiger partial charge is 0.311 e. The summed E-state index contributed by atoms with van der Waals surface area (Å²) in [5.74, 6) is 0.763. The molecule has 0 spiro atoms. The highest BCUT2D eigenvalue weighted by atomic mass is 79.9. The molecule has 0 amide bonds. The Balaban J connectivity index is 1.53. The second-order valence-electron chi connectivity index (χ2n) is 7.02. The minimum Gasteiger partial charge on any atom is -0.311 e. The lowest BCUT2D eigenvalue weighted by atomic mass is 9.74. The zero-order valence-electron chi connectivity index (χ0n) is 12.0. The second-order valence-corrected chi connectivity index (χ2v) is 7.94. The molecule has 2 saturated carbocycles. The van der Waals surface area contributed by atoms with E-state index in [1.165, 1.54) is 42.1 Å². The molecule has 0 radical (unpaired) electrons. The van der Waals surface area contributed by atoms with E-state index in [0.29, 0.717) is 5.41 Å². The van der Waals surface area contributed by atoms with Crippen LogP contribution in [-0.2, 0) is 0 Å². The van der Waals surface area contributed by atoms with E-state index in [0.717, 1.165) is 18.0 Å². The van der Waals surface area contributed by atoms with Crippen LogP contribution in [0.25, 0.3) is 0 Å². The summed E-state index contributed by atoms with van der Waals surface area (Å²) in [6, 6.07) is 10.3. The average molecular weight is 322 g/mol. The van der Waals surface area contributed by atoms with E-state index >= 15 is 0 Å². The van der Waals surface area contributed by atoms with Gasteiger partial charge in [-0.3, -0.25) is 0 Å². The molecule has 0 saturated heterocycles. The molecule has 2 aliphatic carbocycles. The zero-order valence-corrected chi connectivity index (χ0v) is 13.5. The first-order chi connectivity index (χ1) is 9.04. The summed E-state index contributed by atoms with van der Waals surface area (Å²) in [7, 11) is 0. The molecule has 0 bridgehead atoms. The van der Waals surface area contributed by atoms with E-state index in [2.05, 4.69) is 59.4 Å². The molecule has 1 atom stereocenters. The molecular weight excluding hydrogens is 298 g/mol. The Morgan fingerprint density at radius 3 is 2.68 bits per heavy atom. The Hall–Kier alpha value is -0.340. The molecule has 0 aromatic heterocycles. The van der Waals surface area contributed by atoms with Crippen molar-refractivity contribution in [2.24, 2.45) is 5.41 Å². The van der Waals surface area contributed by atoms with Crippen molar-refractivity contribution in [3.05, 3.63) is 34.3 Å². The zero-order chi connectivity index (χ0) is 13.5. The lowest BCUT2D eigenvalue weighted by Gasteiger charge is -2.41. The van der Waals surface area contributed by atoms with Gasteiger partial charge in [-0.2, -0.15) is 0 Å². The first-order valence-electron chi connectivity index (χ1n) is 7.56. The second kappa shape index (κ2) is 5.21. The van der Waals surface area contributed by atoms with E-state index < -0.39 is 0 Å². The van der Waals surface area contributed by atoms with Crippen molar-refractivity contribution in [3.8, 4) is 0 Å². The van der Waals surface area contributed by atoms with Crippen LogP contribution < -0.4 is 5.32 Å². The number of benzene rings is 1. The van der Waals surface area contributed by atoms with Gasteiger partial charge >= 0.3 is 0 Å². The summed E-state index contributed by atoms with van der Waals surface area (Å²) < 4.78 is 1.21. The fourth-order valence-electron chi connectivity index (χ4n) is 3.71.